The number of carbonyl (C=O) groups excluding carboxylic acids is 1. The van der Waals surface area contributed by atoms with Crippen LogP contribution in [0.25, 0.3) is 0 Å². The monoisotopic (exact) mass is 587 g/mol. The van der Waals surface area contributed by atoms with Crippen LogP contribution in [0.1, 0.15) is 40.5 Å². The molecule has 220 valence electrons. The Morgan fingerprint density at radius 1 is 0.976 bits per heavy atom. The molecule has 41 heavy (non-hydrogen) atoms. The van der Waals surface area contributed by atoms with E-state index < -0.39 is 23.9 Å². The first-order chi connectivity index (χ1) is 19.2. The lowest BCUT2D eigenvalue weighted by atomic mass is 9.92. The number of nitrogens with two attached hydrogens (primary N) is 1. The fourth-order valence-electron chi connectivity index (χ4n) is 3.78. The van der Waals surface area contributed by atoms with Crippen molar-refractivity contribution >= 4 is 17.7 Å². The Morgan fingerprint density at radius 2 is 1.56 bits per heavy atom. The van der Waals surface area contributed by atoms with Gasteiger partial charge in [-0.05, 0) is 49.2 Å². The van der Waals surface area contributed by atoms with E-state index in [-0.39, 0.29) is 29.1 Å². The van der Waals surface area contributed by atoms with Crippen LogP contribution in [0, 0.1) is 0 Å². The zero-order valence-corrected chi connectivity index (χ0v) is 21.2. The summed E-state index contributed by atoms with van der Waals surface area (Å²) in [6.07, 6.45) is -6.75. The predicted molar refractivity (Wildman–Crippen MR) is 130 cm³/mol. The summed E-state index contributed by atoms with van der Waals surface area (Å²) in [6, 6.07) is 9.06. The highest BCUT2D eigenvalue weighted by molar-refractivity contribution is 5.92. The molecule has 3 aromatic rings. The molecule has 1 aromatic carbocycles. The number of anilines is 1. The number of ether oxygens (including phenoxy) is 2. The van der Waals surface area contributed by atoms with E-state index in [2.05, 4.69) is 15.2 Å². The molecule has 1 saturated heterocycles. The number of halogens is 6. The van der Waals surface area contributed by atoms with Crippen molar-refractivity contribution in [3.8, 4) is 17.2 Å². The fraction of sp³-hybridized carbons (Fsp3) is 0.320. The van der Waals surface area contributed by atoms with E-state index in [1.165, 1.54) is 24.4 Å². The van der Waals surface area contributed by atoms with Crippen LogP contribution in [-0.2, 0) is 11.0 Å². The van der Waals surface area contributed by atoms with Crippen molar-refractivity contribution in [3.63, 3.8) is 0 Å². The molecule has 0 unspecified atom stereocenters. The van der Waals surface area contributed by atoms with Crippen LogP contribution in [-0.4, -0.2) is 63.4 Å². The van der Waals surface area contributed by atoms with Gasteiger partial charge in [-0.3, -0.25) is 4.79 Å². The number of carbonyl (C=O) groups is 2. The highest BCUT2D eigenvalue weighted by Crippen LogP contribution is 2.34. The van der Waals surface area contributed by atoms with Crippen molar-refractivity contribution in [2.45, 2.75) is 31.1 Å². The highest BCUT2D eigenvalue weighted by Gasteiger charge is 2.38. The summed E-state index contributed by atoms with van der Waals surface area (Å²) in [5.41, 5.74) is 5.89. The van der Waals surface area contributed by atoms with Crippen LogP contribution in [0.4, 0.5) is 32.2 Å². The summed E-state index contributed by atoms with van der Waals surface area (Å²) < 4.78 is 80.7. The molecule has 1 amide bonds. The number of aliphatic carboxylic acids is 1. The Bertz CT molecular complexity index is 1340. The Labute approximate surface area is 228 Å². The molecule has 0 saturated carbocycles. The van der Waals surface area contributed by atoms with Gasteiger partial charge >= 0.3 is 18.3 Å². The Hall–Kier alpha value is -4.63. The number of alkyl halides is 6. The van der Waals surface area contributed by atoms with Crippen molar-refractivity contribution < 1.29 is 50.5 Å². The van der Waals surface area contributed by atoms with Gasteiger partial charge in [0.25, 0.3) is 5.91 Å². The average Bonchev–Trinajstić information content (AvgIpc) is 2.93. The number of nitrogens with zero attached hydrogens (tertiary/aromatic N) is 4. The summed E-state index contributed by atoms with van der Waals surface area (Å²) in [7, 11) is 1.55. The van der Waals surface area contributed by atoms with Gasteiger partial charge in [-0.25, -0.2) is 9.78 Å². The normalized spacial score (nSPS) is 14.1. The van der Waals surface area contributed by atoms with Crippen molar-refractivity contribution in [1.82, 2.24) is 20.1 Å². The van der Waals surface area contributed by atoms with Crippen LogP contribution in [0.3, 0.4) is 0 Å². The topological polar surface area (TPSA) is 141 Å². The number of carboxylic acid groups (broad SMARTS) is 1. The van der Waals surface area contributed by atoms with Crippen LogP contribution in [0.15, 0.2) is 48.7 Å². The fourth-order valence-corrected chi connectivity index (χ4v) is 3.78. The molecule has 1 fully saturated rings. The number of hydrogen-bond acceptors (Lipinski definition) is 8. The van der Waals surface area contributed by atoms with Gasteiger partial charge in [-0.1, -0.05) is 0 Å². The number of carboxylic acids is 1. The smallest absolute Gasteiger partial charge is 0.490 e. The number of methoxy groups -OCH3 is 1. The summed E-state index contributed by atoms with van der Waals surface area (Å²) in [5, 5.41) is 15.2. The first-order valence-electron chi connectivity index (χ1n) is 11.8. The molecule has 0 radical (unpaired) electrons. The van der Waals surface area contributed by atoms with Crippen molar-refractivity contribution in [1.29, 1.82) is 0 Å². The van der Waals surface area contributed by atoms with Gasteiger partial charge in [0, 0.05) is 25.1 Å². The minimum atomic E-state index is -5.08. The first-order valence-corrected chi connectivity index (χ1v) is 11.8. The molecular weight excluding hydrogens is 564 g/mol. The largest absolute Gasteiger partial charge is 0.495 e. The lowest BCUT2D eigenvalue weighted by Crippen LogP contribution is -2.38. The van der Waals surface area contributed by atoms with E-state index in [0.29, 0.717) is 37.4 Å². The van der Waals surface area contributed by atoms with E-state index in [1.54, 1.807) is 24.1 Å². The molecule has 4 rings (SSSR count). The maximum atomic E-state index is 12.9. The van der Waals surface area contributed by atoms with Crippen LogP contribution >= 0.6 is 0 Å². The number of aromatic nitrogens is 3. The molecule has 0 aliphatic carbocycles. The second-order valence-electron chi connectivity index (χ2n) is 8.60. The Morgan fingerprint density at radius 3 is 2.05 bits per heavy atom. The van der Waals surface area contributed by atoms with Gasteiger partial charge in [0.05, 0.1) is 18.9 Å². The van der Waals surface area contributed by atoms with Crippen LogP contribution < -0.4 is 15.2 Å². The molecular formula is C25H23F6N5O5. The number of pyridine rings is 1. The summed E-state index contributed by atoms with van der Waals surface area (Å²) in [4.78, 5) is 27.6. The zero-order valence-electron chi connectivity index (χ0n) is 21.2. The Balaban J connectivity index is 0.000000587. The molecule has 16 heteroatoms. The number of piperidine rings is 1. The van der Waals surface area contributed by atoms with Crippen LogP contribution in [0.5, 0.6) is 17.2 Å². The quantitative estimate of drug-likeness (QED) is 0.398. The van der Waals surface area contributed by atoms with Gasteiger partial charge in [0.2, 0.25) is 0 Å². The van der Waals surface area contributed by atoms with Gasteiger partial charge in [0.1, 0.15) is 34.5 Å². The number of nitrogen functional groups attached to an aromatic ring is 1. The SMILES string of the molecule is COc1cc(N)nnc1C1CCN(C(=O)c2ccc(Oc3ccc(C(F)(F)F)cc3)cn2)CC1.O=C(O)C(F)(F)F. The number of amides is 1. The Kier molecular flexibility index (Phi) is 9.57. The third-order valence-corrected chi connectivity index (χ3v) is 5.81. The molecule has 0 bridgehead atoms. The second kappa shape index (κ2) is 12.7. The van der Waals surface area contributed by atoms with Gasteiger partial charge < -0.3 is 25.2 Å². The minimum absolute atomic E-state index is 0.0968. The summed E-state index contributed by atoms with van der Waals surface area (Å²) >= 11 is 0. The van der Waals surface area contributed by atoms with Gasteiger partial charge in [-0.15, -0.1) is 10.2 Å². The summed E-state index contributed by atoms with van der Waals surface area (Å²) in [5.74, 6) is -1.46. The van der Waals surface area contributed by atoms with Crippen molar-refractivity contribution in [3.05, 3.63) is 65.6 Å². The predicted octanol–water partition coefficient (Wildman–Crippen LogP) is 4.93. The number of likely N-dealkylation sites (tertiary alicyclic amines) is 1. The molecule has 1 aliphatic rings. The third-order valence-electron chi connectivity index (χ3n) is 5.81. The second-order valence-corrected chi connectivity index (χ2v) is 8.60. The van der Waals surface area contributed by atoms with Crippen LogP contribution in [0.2, 0.25) is 0 Å². The molecule has 0 atom stereocenters. The van der Waals surface area contributed by atoms with Crippen molar-refractivity contribution in [2.75, 3.05) is 25.9 Å². The molecule has 3 N–H and O–H groups in total. The molecule has 10 nitrogen and oxygen atoms in total. The lowest BCUT2D eigenvalue weighted by molar-refractivity contribution is -0.192. The minimum Gasteiger partial charge on any atom is -0.495 e. The third kappa shape index (κ3) is 8.43. The van der Waals surface area contributed by atoms with E-state index in [1.807, 2.05) is 0 Å². The van der Waals surface area contributed by atoms with Gasteiger partial charge in [0.15, 0.2) is 0 Å². The van der Waals surface area contributed by atoms with E-state index in [4.69, 9.17) is 25.1 Å². The van der Waals surface area contributed by atoms with Crippen molar-refractivity contribution in [2.24, 2.45) is 0 Å². The highest BCUT2D eigenvalue weighted by atomic mass is 19.4. The zero-order chi connectivity index (χ0) is 30.4. The molecule has 3 heterocycles. The molecule has 0 spiro atoms. The van der Waals surface area contributed by atoms with E-state index >= 15 is 0 Å². The average molecular weight is 587 g/mol. The maximum Gasteiger partial charge on any atom is 0.490 e. The summed E-state index contributed by atoms with van der Waals surface area (Å²) in [6.45, 7) is 1.04. The molecule has 1 aliphatic heterocycles. The van der Waals surface area contributed by atoms with E-state index in [9.17, 15) is 31.1 Å². The lowest BCUT2D eigenvalue weighted by Gasteiger charge is -2.31. The standard InChI is InChI=1S/C23H22F3N5O3.C2HF3O2/c1-33-19-12-20(27)29-30-21(19)14-8-10-31(11-9-14)22(32)18-7-6-17(13-28-18)34-16-4-2-15(3-5-16)23(24,25)26;3-2(4,5)1(6)7/h2-7,12-14H,8-11H2,1H3,(H2,27,29);(H,6,7). The molecule has 2 aromatic heterocycles. The van der Waals surface area contributed by atoms with E-state index in [0.717, 1.165) is 17.8 Å². The number of rotatable bonds is 5. The first kappa shape index (κ1) is 30.9. The van der Waals surface area contributed by atoms with Gasteiger partial charge in [-0.2, -0.15) is 26.3 Å². The maximum absolute atomic E-state index is 12.9. The number of benzene rings is 1. The number of hydrogen-bond donors (Lipinski definition) is 2.